The summed E-state index contributed by atoms with van der Waals surface area (Å²) in [5.41, 5.74) is 0.638. The summed E-state index contributed by atoms with van der Waals surface area (Å²) in [6, 6.07) is 1.64. The molecule has 0 saturated heterocycles. The molecule has 1 heterocycles. The van der Waals surface area contributed by atoms with Crippen molar-refractivity contribution in [2.75, 3.05) is 0 Å². The number of carboxylic acid groups (broad SMARTS) is 1. The molecule has 1 N–H and O–H groups in total. The molecule has 0 spiro atoms. The SMILES string of the molecule is C=C(C(=O)O)c1ccnn1CC. The first-order valence-electron chi connectivity index (χ1n) is 3.61. The number of aliphatic carboxylic acids is 1. The zero-order chi connectivity index (χ0) is 9.14. The molecule has 0 atom stereocenters. The standard InChI is InChI=1S/C8H10N2O2/c1-3-10-7(4-5-9-10)6(2)8(11)12/h4-5H,2-3H2,1H3,(H,11,12). The maximum atomic E-state index is 10.5. The molecular formula is C8H10N2O2. The van der Waals surface area contributed by atoms with E-state index < -0.39 is 5.97 Å². The number of rotatable bonds is 3. The molecule has 1 aromatic heterocycles. The summed E-state index contributed by atoms with van der Waals surface area (Å²) in [6.07, 6.45) is 1.56. The maximum Gasteiger partial charge on any atom is 0.337 e. The highest BCUT2D eigenvalue weighted by atomic mass is 16.4. The quantitative estimate of drug-likeness (QED) is 0.681. The summed E-state index contributed by atoms with van der Waals surface area (Å²) >= 11 is 0. The van der Waals surface area contributed by atoms with Gasteiger partial charge in [0.15, 0.2) is 0 Å². The van der Waals surface area contributed by atoms with E-state index in [1.54, 1.807) is 16.9 Å². The van der Waals surface area contributed by atoms with Crippen LogP contribution in [0.4, 0.5) is 0 Å². The van der Waals surface area contributed by atoms with Crippen molar-refractivity contribution in [1.29, 1.82) is 0 Å². The average molecular weight is 166 g/mol. The first kappa shape index (κ1) is 8.52. The van der Waals surface area contributed by atoms with E-state index in [4.69, 9.17) is 5.11 Å². The summed E-state index contributed by atoms with van der Waals surface area (Å²) < 4.78 is 1.59. The molecule has 0 unspecified atom stereocenters. The Balaban J connectivity index is 3.02. The van der Waals surface area contributed by atoms with Gasteiger partial charge in [0, 0.05) is 12.7 Å². The zero-order valence-electron chi connectivity index (χ0n) is 6.82. The van der Waals surface area contributed by atoms with Gasteiger partial charge in [0.2, 0.25) is 0 Å². The van der Waals surface area contributed by atoms with Gasteiger partial charge < -0.3 is 5.11 Å². The van der Waals surface area contributed by atoms with Crippen LogP contribution >= 0.6 is 0 Å². The predicted octanol–water partition coefficient (Wildman–Crippen LogP) is 1.00. The molecule has 0 aliphatic carbocycles. The molecule has 1 aromatic rings. The minimum Gasteiger partial charge on any atom is -0.478 e. The molecule has 0 amide bonds. The molecule has 1 rings (SSSR count). The van der Waals surface area contributed by atoms with Crippen molar-refractivity contribution in [3.8, 4) is 0 Å². The molecule has 4 nitrogen and oxygen atoms in total. The van der Waals surface area contributed by atoms with E-state index in [2.05, 4.69) is 11.7 Å². The lowest BCUT2D eigenvalue weighted by molar-refractivity contribution is -0.130. The van der Waals surface area contributed by atoms with E-state index in [9.17, 15) is 4.79 Å². The van der Waals surface area contributed by atoms with E-state index in [1.165, 1.54) is 0 Å². The lowest BCUT2D eigenvalue weighted by Gasteiger charge is -2.02. The number of hydrogen-bond donors (Lipinski definition) is 1. The summed E-state index contributed by atoms with van der Waals surface area (Å²) in [4.78, 5) is 10.5. The molecule has 4 heteroatoms. The van der Waals surface area contributed by atoms with Crippen LogP contribution in [0.2, 0.25) is 0 Å². The maximum absolute atomic E-state index is 10.5. The molecule has 0 aliphatic heterocycles. The molecule has 0 fully saturated rings. The van der Waals surface area contributed by atoms with Crippen molar-refractivity contribution in [1.82, 2.24) is 9.78 Å². The lowest BCUT2D eigenvalue weighted by atomic mass is 10.2. The molecule has 12 heavy (non-hydrogen) atoms. The second kappa shape index (κ2) is 3.21. The van der Waals surface area contributed by atoms with E-state index in [-0.39, 0.29) is 5.57 Å². The Bertz CT molecular complexity index is 315. The summed E-state index contributed by atoms with van der Waals surface area (Å²) in [6.45, 7) is 5.99. The molecule has 0 aromatic carbocycles. The van der Waals surface area contributed by atoms with E-state index >= 15 is 0 Å². The van der Waals surface area contributed by atoms with Gasteiger partial charge in [-0.2, -0.15) is 5.10 Å². The number of hydrogen-bond acceptors (Lipinski definition) is 2. The van der Waals surface area contributed by atoms with E-state index in [0.29, 0.717) is 12.2 Å². The van der Waals surface area contributed by atoms with Crippen LogP contribution in [0, 0.1) is 0 Å². The van der Waals surface area contributed by atoms with Gasteiger partial charge in [-0.15, -0.1) is 0 Å². The third-order valence-corrected chi connectivity index (χ3v) is 1.58. The smallest absolute Gasteiger partial charge is 0.337 e. The van der Waals surface area contributed by atoms with Crippen molar-refractivity contribution >= 4 is 11.5 Å². The van der Waals surface area contributed by atoms with Crippen LogP contribution in [0.15, 0.2) is 18.8 Å². The number of carbonyl (C=O) groups is 1. The predicted molar refractivity (Wildman–Crippen MR) is 44.6 cm³/mol. The summed E-state index contributed by atoms with van der Waals surface area (Å²) in [5, 5.41) is 12.6. The monoisotopic (exact) mass is 166 g/mol. The third-order valence-electron chi connectivity index (χ3n) is 1.58. The van der Waals surface area contributed by atoms with Crippen molar-refractivity contribution in [2.24, 2.45) is 0 Å². The molecule has 0 aliphatic rings. The number of aromatic nitrogens is 2. The largest absolute Gasteiger partial charge is 0.478 e. The van der Waals surface area contributed by atoms with Crippen LogP contribution in [0.5, 0.6) is 0 Å². The Morgan fingerprint density at radius 2 is 2.50 bits per heavy atom. The molecule has 0 bridgehead atoms. The topological polar surface area (TPSA) is 55.1 Å². The second-order valence-corrected chi connectivity index (χ2v) is 2.32. The van der Waals surface area contributed by atoms with Crippen molar-refractivity contribution in [3.05, 3.63) is 24.5 Å². The zero-order valence-corrected chi connectivity index (χ0v) is 6.82. The first-order chi connectivity index (χ1) is 5.66. The van der Waals surface area contributed by atoms with Gasteiger partial charge in [-0.1, -0.05) is 6.58 Å². The van der Waals surface area contributed by atoms with Crippen LogP contribution in [0.1, 0.15) is 12.6 Å². The molecule has 0 saturated carbocycles. The van der Waals surface area contributed by atoms with Crippen LogP contribution in [-0.4, -0.2) is 20.9 Å². The summed E-state index contributed by atoms with van der Waals surface area (Å²) in [5.74, 6) is -1.01. The lowest BCUT2D eigenvalue weighted by Crippen LogP contribution is -2.06. The average Bonchev–Trinajstić information content (AvgIpc) is 2.49. The van der Waals surface area contributed by atoms with Gasteiger partial charge in [-0.25, -0.2) is 4.79 Å². The van der Waals surface area contributed by atoms with Gasteiger partial charge in [-0.3, -0.25) is 4.68 Å². The minimum absolute atomic E-state index is 0.0781. The Hall–Kier alpha value is -1.58. The fourth-order valence-corrected chi connectivity index (χ4v) is 0.951. The van der Waals surface area contributed by atoms with Gasteiger partial charge in [0.1, 0.15) is 0 Å². The fraction of sp³-hybridized carbons (Fsp3) is 0.250. The van der Waals surface area contributed by atoms with Gasteiger partial charge in [0.05, 0.1) is 11.3 Å². The van der Waals surface area contributed by atoms with Crippen molar-refractivity contribution in [3.63, 3.8) is 0 Å². The van der Waals surface area contributed by atoms with Crippen LogP contribution in [0.3, 0.4) is 0 Å². The second-order valence-electron chi connectivity index (χ2n) is 2.32. The Kier molecular flexibility index (Phi) is 2.28. The molecule has 64 valence electrons. The van der Waals surface area contributed by atoms with Gasteiger partial charge in [-0.05, 0) is 13.0 Å². The van der Waals surface area contributed by atoms with Gasteiger partial charge >= 0.3 is 5.97 Å². The first-order valence-corrected chi connectivity index (χ1v) is 3.61. The van der Waals surface area contributed by atoms with Crippen LogP contribution in [0.25, 0.3) is 5.57 Å². The van der Waals surface area contributed by atoms with Gasteiger partial charge in [0.25, 0.3) is 0 Å². The fourth-order valence-electron chi connectivity index (χ4n) is 0.951. The third kappa shape index (κ3) is 1.37. The Labute approximate surface area is 70.1 Å². The van der Waals surface area contributed by atoms with Crippen LogP contribution < -0.4 is 0 Å². The molecular weight excluding hydrogens is 156 g/mol. The molecule has 0 radical (unpaired) electrons. The highest BCUT2D eigenvalue weighted by Gasteiger charge is 2.10. The number of nitrogens with zero attached hydrogens (tertiary/aromatic N) is 2. The van der Waals surface area contributed by atoms with E-state index in [1.807, 2.05) is 6.92 Å². The van der Waals surface area contributed by atoms with Crippen molar-refractivity contribution in [2.45, 2.75) is 13.5 Å². The highest BCUT2D eigenvalue weighted by Crippen LogP contribution is 2.11. The summed E-state index contributed by atoms with van der Waals surface area (Å²) in [7, 11) is 0. The van der Waals surface area contributed by atoms with Crippen molar-refractivity contribution < 1.29 is 9.90 Å². The van der Waals surface area contributed by atoms with E-state index in [0.717, 1.165) is 0 Å². The normalized spacial score (nSPS) is 9.75. The Morgan fingerprint density at radius 3 is 3.00 bits per heavy atom. The highest BCUT2D eigenvalue weighted by molar-refractivity contribution is 6.13. The number of carboxylic acids is 1. The Morgan fingerprint density at radius 1 is 1.83 bits per heavy atom. The minimum atomic E-state index is -1.01. The number of aryl methyl sites for hydroxylation is 1. The van der Waals surface area contributed by atoms with Crippen LogP contribution in [-0.2, 0) is 11.3 Å².